The molecule has 0 aromatic heterocycles. The molecule has 1 aromatic rings. The molecule has 0 spiro atoms. The first-order chi connectivity index (χ1) is 22.3. The van der Waals surface area contributed by atoms with E-state index in [0.717, 1.165) is 25.9 Å². The van der Waals surface area contributed by atoms with Crippen LogP contribution in [0.2, 0.25) is 0 Å². The lowest BCUT2D eigenvalue weighted by Gasteiger charge is -2.32. The van der Waals surface area contributed by atoms with E-state index in [1.54, 1.807) is 0 Å². The van der Waals surface area contributed by atoms with Gasteiger partial charge in [-0.25, -0.2) is 0 Å². The molecule has 2 aliphatic rings. The van der Waals surface area contributed by atoms with Gasteiger partial charge < -0.3 is 10.2 Å². The second-order valence-electron chi connectivity index (χ2n) is 14.8. The fourth-order valence-corrected chi connectivity index (χ4v) is 8.01. The maximum absolute atomic E-state index is 13.6. The molecule has 1 aromatic carbocycles. The summed E-state index contributed by atoms with van der Waals surface area (Å²) in [7, 11) is 0. The maximum Gasteiger partial charge on any atom is 0.227 e. The number of nitrogens with one attached hydrogen (secondary N) is 1. The molecule has 3 heteroatoms. The number of hydrogen-bond donors (Lipinski definition) is 1. The van der Waals surface area contributed by atoms with Crippen LogP contribution < -0.4 is 10.2 Å². The highest BCUT2D eigenvalue weighted by molar-refractivity contribution is 5.97. The Kier molecular flexibility index (Phi) is 21.0. The summed E-state index contributed by atoms with van der Waals surface area (Å²) in [5.41, 5.74) is 4.15. The van der Waals surface area contributed by atoms with E-state index in [9.17, 15) is 4.79 Å². The zero-order valence-electron chi connectivity index (χ0n) is 30.2. The summed E-state index contributed by atoms with van der Waals surface area (Å²) in [5.74, 6) is 0.842. The number of rotatable bonds is 28. The van der Waals surface area contributed by atoms with E-state index in [4.69, 9.17) is 0 Å². The van der Waals surface area contributed by atoms with Crippen molar-refractivity contribution in [3.8, 4) is 0 Å². The van der Waals surface area contributed by atoms with Crippen molar-refractivity contribution in [3.63, 3.8) is 0 Å². The smallest absolute Gasteiger partial charge is 0.227 e. The molecule has 258 valence electrons. The van der Waals surface area contributed by atoms with Gasteiger partial charge in [-0.1, -0.05) is 180 Å². The molecule has 1 saturated heterocycles. The van der Waals surface area contributed by atoms with Crippen LogP contribution in [0.15, 0.2) is 18.2 Å². The fourth-order valence-electron chi connectivity index (χ4n) is 8.01. The standard InChI is InChI=1S/C42H74N2O/c1-3-5-7-9-11-13-15-17-19-21-23-25-27-29-37-31-32-40-38(35-37)39-36-43-34-33-41(39)44(40)42(45)30-28-26-24-22-20-18-16-14-12-10-8-6-4-2/h31-32,35,39,41,43H,3-30,33-34,36H2,1-2H3/t39-,41-/m1/s1. The molecule has 1 fully saturated rings. The van der Waals surface area contributed by atoms with Gasteiger partial charge in [0.15, 0.2) is 0 Å². The molecule has 2 aliphatic heterocycles. The Balaban J connectivity index is 1.28. The summed E-state index contributed by atoms with van der Waals surface area (Å²) in [6, 6.07) is 7.46. The van der Waals surface area contributed by atoms with E-state index in [-0.39, 0.29) is 0 Å². The number of aryl methyl sites for hydroxylation is 1. The van der Waals surface area contributed by atoms with Gasteiger partial charge in [0.2, 0.25) is 5.91 Å². The molecular weight excluding hydrogens is 548 g/mol. The van der Waals surface area contributed by atoms with Crippen LogP contribution in [0.3, 0.4) is 0 Å². The molecule has 0 saturated carbocycles. The fraction of sp³-hybridized carbons (Fsp3) is 0.833. The van der Waals surface area contributed by atoms with E-state index in [1.807, 2.05) is 0 Å². The molecule has 3 rings (SSSR count). The van der Waals surface area contributed by atoms with Crippen molar-refractivity contribution < 1.29 is 4.79 Å². The quantitative estimate of drug-likeness (QED) is 0.0943. The Morgan fingerprint density at radius 1 is 0.644 bits per heavy atom. The molecule has 45 heavy (non-hydrogen) atoms. The highest BCUT2D eigenvalue weighted by Gasteiger charge is 2.42. The van der Waals surface area contributed by atoms with E-state index in [0.29, 0.717) is 24.3 Å². The number of benzene rings is 1. The Morgan fingerprint density at radius 3 is 1.62 bits per heavy atom. The number of carbonyl (C=O) groups is 1. The van der Waals surface area contributed by atoms with Gasteiger partial charge in [0, 0.05) is 30.6 Å². The highest BCUT2D eigenvalue weighted by atomic mass is 16.2. The number of anilines is 1. The van der Waals surface area contributed by atoms with Gasteiger partial charge in [0.1, 0.15) is 0 Å². The number of nitrogens with zero attached hydrogens (tertiary/aromatic N) is 1. The maximum atomic E-state index is 13.6. The second kappa shape index (κ2) is 24.8. The van der Waals surface area contributed by atoms with Gasteiger partial charge in [-0.15, -0.1) is 0 Å². The van der Waals surface area contributed by atoms with Crippen molar-refractivity contribution in [2.75, 3.05) is 18.0 Å². The number of hydrogen-bond acceptors (Lipinski definition) is 2. The van der Waals surface area contributed by atoms with Crippen molar-refractivity contribution >= 4 is 11.6 Å². The van der Waals surface area contributed by atoms with Crippen LogP contribution >= 0.6 is 0 Å². The molecule has 2 heterocycles. The first kappa shape index (κ1) is 38.1. The average molecular weight is 623 g/mol. The van der Waals surface area contributed by atoms with Crippen molar-refractivity contribution in [3.05, 3.63) is 29.3 Å². The number of unbranched alkanes of at least 4 members (excludes halogenated alkanes) is 24. The molecule has 0 bridgehead atoms. The molecular formula is C42H74N2O. The Labute approximate surface area is 280 Å². The van der Waals surface area contributed by atoms with Gasteiger partial charge in [0.25, 0.3) is 0 Å². The van der Waals surface area contributed by atoms with Crippen molar-refractivity contribution in [2.24, 2.45) is 0 Å². The van der Waals surface area contributed by atoms with Gasteiger partial charge in [-0.05, 0) is 49.4 Å². The Bertz CT molecular complexity index is 881. The monoisotopic (exact) mass is 623 g/mol. The van der Waals surface area contributed by atoms with Crippen LogP contribution in [0.25, 0.3) is 0 Å². The van der Waals surface area contributed by atoms with Crippen molar-refractivity contribution in [1.29, 1.82) is 0 Å². The average Bonchev–Trinajstić information content (AvgIpc) is 3.39. The SMILES string of the molecule is CCCCCCCCCCCCCCCC(=O)N1c2ccc(CCCCCCCCCCCCCCC)cc2[C@H]2CNCC[C@H]21. The predicted octanol–water partition coefficient (Wildman–Crippen LogP) is 12.6. The Morgan fingerprint density at radius 2 is 1.11 bits per heavy atom. The molecule has 0 radical (unpaired) electrons. The summed E-state index contributed by atoms with van der Waals surface area (Å²) in [5, 5.41) is 3.63. The zero-order valence-corrected chi connectivity index (χ0v) is 30.2. The highest BCUT2D eigenvalue weighted by Crippen LogP contribution is 2.44. The number of piperidine rings is 1. The van der Waals surface area contributed by atoms with Crippen LogP contribution in [-0.4, -0.2) is 25.0 Å². The molecule has 3 nitrogen and oxygen atoms in total. The minimum atomic E-state index is 0.363. The lowest BCUT2D eigenvalue weighted by atomic mass is 9.89. The van der Waals surface area contributed by atoms with Crippen LogP contribution in [0.4, 0.5) is 5.69 Å². The van der Waals surface area contributed by atoms with Gasteiger partial charge in [-0.2, -0.15) is 0 Å². The van der Waals surface area contributed by atoms with Crippen molar-refractivity contribution in [2.45, 2.75) is 212 Å². The normalized spacial score (nSPS) is 17.5. The van der Waals surface area contributed by atoms with Gasteiger partial charge >= 0.3 is 0 Å². The molecule has 2 atom stereocenters. The van der Waals surface area contributed by atoms with Gasteiger partial charge in [0.05, 0.1) is 0 Å². The third-order valence-corrected chi connectivity index (χ3v) is 10.9. The largest absolute Gasteiger partial charge is 0.316 e. The number of amides is 1. The third kappa shape index (κ3) is 15.0. The lowest BCUT2D eigenvalue weighted by molar-refractivity contribution is -0.119. The van der Waals surface area contributed by atoms with Crippen LogP contribution in [0.1, 0.15) is 211 Å². The molecule has 0 unspecified atom stereocenters. The van der Waals surface area contributed by atoms with Crippen LogP contribution in [0, 0.1) is 0 Å². The molecule has 0 aliphatic carbocycles. The summed E-state index contributed by atoms with van der Waals surface area (Å²) < 4.78 is 0. The lowest BCUT2D eigenvalue weighted by Crippen LogP contribution is -2.46. The van der Waals surface area contributed by atoms with Crippen LogP contribution in [-0.2, 0) is 11.2 Å². The van der Waals surface area contributed by atoms with Crippen LogP contribution in [0.5, 0.6) is 0 Å². The summed E-state index contributed by atoms with van der Waals surface area (Å²) in [6.07, 6.45) is 38.8. The first-order valence-corrected chi connectivity index (χ1v) is 20.4. The molecule has 1 N–H and O–H groups in total. The summed E-state index contributed by atoms with van der Waals surface area (Å²) in [4.78, 5) is 15.8. The summed E-state index contributed by atoms with van der Waals surface area (Å²) in [6.45, 7) is 6.64. The minimum Gasteiger partial charge on any atom is -0.316 e. The first-order valence-electron chi connectivity index (χ1n) is 20.4. The van der Waals surface area contributed by atoms with Crippen molar-refractivity contribution in [1.82, 2.24) is 5.32 Å². The zero-order chi connectivity index (χ0) is 31.8. The Hall–Kier alpha value is -1.35. The second-order valence-corrected chi connectivity index (χ2v) is 14.8. The third-order valence-electron chi connectivity index (χ3n) is 10.9. The van der Waals surface area contributed by atoms with E-state index in [1.165, 1.54) is 184 Å². The predicted molar refractivity (Wildman–Crippen MR) is 198 cm³/mol. The molecule has 1 amide bonds. The van der Waals surface area contributed by atoms with E-state index in [2.05, 4.69) is 42.3 Å². The number of fused-ring (bicyclic) bond motifs is 3. The van der Waals surface area contributed by atoms with Gasteiger partial charge in [-0.3, -0.25) is 4.79 Å². The summed E-state index contributed by atoms with van der Waals surface area (Å²) >= 11 is 0. The van der Waals surface area contributed by atoms with E-state index < -0.39 is 0 Å². The topological polar surface area (TPSA) is 32.3 Å². The minimum absolute atomic E-state index is 0.363. The van der Waals surface area contributed by atoms with E-state index >= 15 is 0 Å². The number of carbonyl (C=O) groups excluding carboxylic acids is 1.